The zero-order valence-electron chi connectivity index (χ0n) is 12.9. The number of aliphatic hydroxyl groups is 1. The second-order valence-electron chi connectivity index (χ2n) is 6.37. The number of hydrogen-bond donors (Lipinski definition) is 2. The summed E-state index contributed by atoms with van der Waals surface area (Å²) < 4.78 is 5.81. The molecule has 1 aliphatic heterocycles. The van der Waals surface area contributed by atoms with Crippen LogP contribution in [0.5, 0.6) is 5.75 Å². The van der Waals surface area contributed by atoms with Gasteiger partial charge in [0.1, 0.15) is 5.75 Å². The number of hydrogen-bond acceptors (Lipinski definition) is 3. The predicted molar refractivity (Wildman–Crippen MR) is 82.2 cm³/mol. The van der Waals surface area contributed by atoms with Crippen LogP contribution < -0.4 is 10.1 Å². The van der Waals surface area contributed by atoms with Gasteiger partial charge in [-0.05, 0) is 50.8 Å². The van der Waals surface area contributed by atoms with Gasteiger partial charge in [-0.3, -0.25) is 0 Å². The van der Waals surface area contributed by atoms with Crippen molar-refractivity contribution in [2.45, 2.75) is 45.6 Å². The molecule has 2 rings (SSSR count). The summed E-state index contributed by atoms with van der Waals surface area (Å²) in [5, 5.41) is 14.2. The molecule has 1 unspecified atom stereocenters. The van der Waals surface area contributed by atoms with E-state index < -0.39 is 5.60 Å². The van der Waals surface area contributed by atoms with Crippen LogP contribution in [0.15, 0.2) is 18.2 Å². The molecule has 0 saturated carbocycles. The number of ether oxygens (including phenoxy) is 1. The van der Waals surface area contributed by atoms with Crippen LogP contribution in [0.3, 0.4) is 0 Å². The Balaban J connectivity index is 2.05. The van der Waals surface area contributed by atoms with Gasteiger partial charge in [-0.15, -0.1) is 0 Å². The molecule has 1 aromatic carbocycles. The summed E-state index contributed by atoms with van der Waals surface area (Å²) in [5.74, 6) is 1.54. The van der Waals surface area contributed by atoms with Crippen LogP contribution in [0.1, 0.15) is 44.7 Å². The molecule has 112 valence electrons. The Morgan fingerprint density at radius 3 is 2.95 bits per heavy atom. The predicted octanol–water partition coefficient (Wildman–Crippen LogP) is 2.85. The van der Waals surface area contributed by atoms with E-state index in [9.17, 15) is 5.11 Å². The molecule has 0 spiro atoms. The molecule has 1 aromatic rings. The SMILES string of the molecule is CC(C)CNCCC(C)(O)c1cccc2c1OCCC2. The van der Waals surface area contributed by atoms with Crippen molar-refractivity contribution in [2.24, 2.45) is 5.92 Å². The van der Waals surface area contributed by atoms with E-state index >= 15 is 0 Å². The van der Waals surface area contributed by atoms with Crippen LogP contribution in [-0.2, 0) is 12.0 Å². The second kappa shape index (κ2) is 6.59. The molecule has 0 fully saturated rings. The lowest BCUT2D eigenvalue weighted by molar-refractivity contribution is 0.0440. The molecule has 20 heavy (non-hydrogen) atoms. The average molecular weight is 277 g/mol. The summed E-state index contributed by atoms with van der Waals surface area (Å²) >= 11 is 0. The van der Waals surface area contributed by atoms with E-state index in [2.05, 4.69) is 25.2 Å². The summed E-state index contributed by atoms with van der Waals surface area (Å²) in [5.41, 5.74) is 1.32. The first-order valence-electron chi connectivity index (χ1n) is 7.69. The molecule has 1 heterocycles. The number of fused-ring (bicyclic) bond motifs is 1. The minimum Gasteiger partial charge on any atom is -0.493 e. The molecule has 3 nitrogen and oxygen atoms in total. The molecule has 3 heteroatoms. The maximum absolute atomic E-state index is 10.8. The maximum Gasteiger partial charge on any atom is 0.128 e. The molecule has 2 N–H and O–H groups in total. The van der Waals surface area contributed by atoms with Crippen molar-refractivity contribution in [1.82, 2.24) is 5.32 Å². The monoisotopic (exact) mass is 277 g/mol. The zero-order valence-corrected chi connectivity index (χ0v) is 12.9. The fourth-order valence-corrected chi connectivity index (χ4v) is 2.67. The Morgan fingerprint density at radius 1 is 1.40 bits per heavy atom. The lowest BCUT2D eigenvalue weighted by Gasteiger charge is -2.29. The second-order valence-corrected chi connectivity index (χ2v) is 6.37. The third-order valence-corrected chi connectivity index (χ3v) is 3.85. The quantitative estimate of drug-likeness (QED) is 0.786. The van der Waals surface area contributed by atoms with E-state index in [0.29, 0.717) is 12.3 Å². The number of nitrogens with one attached hydrogen (secondary N) is 1. The van der Waals surface area contributed by atoms with Gasteiger partial charge in [-0.25, -0.2) is 0 Å². The lowest BCUT2D eigenvalue weighted by Crippen LogP contribution is -2.30. The third-order valence-electron chi connectivity index (χ3n) is 3.85. The normalized spacial score (nSPS) is 17.4. The summed E-state index contributed by atoms with van der Waals surface area (Å²) in [6.45, 7) is 8.82. The van der Waals surface area contributed by atoms with E-state index in [4.69, 9.17) is 4.74 Å². The van der Waals surface area contributed by atoms with Crippen LogP contribution in [0, 0.1) is 5.92 Å². The maximum atomic E-state index is 10.8. The Labute approximate surface area is 122 Å². The van der Waals surface area contributed by atoms with E-state index in [1.807, 2.05) is 19.1 Å². The van der Waals surface area contributed by atoms with Gasteiger partial charge >= 0.3 is 0 Å². The standard InChI is InChI=1S/C17H27NO2/c1-13(2)12-18-10-9-17(3,19)15-8-4-6-14-7-5-11-20-16(14)15/h4,6,8,13,18-19H,5,7,9-12H2,1-3H3. The number of benzene rings is 1. The molecule has 1 atom stereocenters. The molecule has 1 aliphatic rings. The highest BCUT2D eigenvalue weighted by molar-refractivity contribution is 5.45. The van der Waals surface area contributed by atoms with Crippen molar-refractivity contribution in [3.63, 3.8) is 0 Å². The van der Waals surface area contributed by atoms with Crippen molar-refractivity contribution in [3.05, 3.63) is 29.3 Å². The van der Waals surface area contributed by atoms with Crippen LogP contribution in [0.2, 0.25) is 0 Å². The van der Waals surface area contributed by atoms with Gasteiger partial charge in [0.2, 0.25) is 0 Å². The van der Waals surface area contributed by atoms with E-state index in [1.165, 1.54) is 5.56 Å². The van der Waals surface area contributed by atoms with Crippen molar-refractivity contribution < 1.29 is 9.84 Å². The Hall–Kier alpha value is -1.06. The molecule has 0 bridgehead atoms. The summed E-state index contributed by atoms with van der Waals surface area (Å²) in [6.07, 6.45) is 2.80. The molecular formula is C17H27NO2. The van der Waals surface area contributed by atoms with Gasteiger partial charge in [-0.1, -0.05) is 32.0 Å². The van der Waals surface area contributed by atoms with Gasteiger partial charge in [0.05, 0.1) is 12.2 Å². The fourth-order valence-electron chi connectivity index (χ4n) is 2.67. The Kier molecular flexibility index (Phi) is 5.06. The Morgan fingerprint density at radius 2 is 2.20 bits per heavy atom. The first-order chi connectivity index (χ1) is 9.50. The summed E-state index contributed by atoms with van der Waals surface area (Å²) in [6, 6.07) is 6.12. The van der Waals surface area contributed by atoms with E-state index in [1.54, 1.807) is 0 Å². The molecular weight excluding hydrogens is 250 g/mol. The molecule has 0 aromatic heterocycles. The van der Waals surface area contributed by atoms with Gasteiger partial charge in [0, 0.05) is 5.56 Å². The Bertz CT molecular complexity index is 441. The van der Waals surface area contributed by atoms with Gasteiger partial charge in [0.25, 0.3) is 0 Å². The highest BCUT2D eigenvalue weighted by Gasteiger charge is 2.28. The fraction of sp³-hybridized carbons (Fsp3) is 0.647. The van der Waals surface area contributed by atoms with E-state index in [-0.39, 0.29) is 0 Å². The van der Waals surface area contributed by atoms with Gasteiger partial charge in [0.15, 0.2) is 0 Å². The topological polar surface area (TPSA) is 41.5 Å². The molecule has 0 radical (unpaired) electrons. The smallest absolute Gasteiger partial charge is 0.128 e. The number of rotatable bonds is 6. The van der Waals surface area contributed by atoms with Gasteiger partial charge in [-0.2, -0.15) is 0 Å². The van der Waals surface area contributed by atoms with Crippen molar-refractivity contribution in [3.8, 4) is 5.75 Å². The lowest BCUT2D eigenvalue weighted by atomic mass is 9.88. The largest absolute Gasteiger partial charge is 0.493 e. The molecule has 0 saturated heterocycles. The van der Waals surface area contributed by atoms with Crippen molar-refractivity contribution in [2.75, 3.05) is 19.7 Å². The van der Waals surface area contributed by atoms with Crippen LogP contribution in [0.25, 0.3) is 0 Å². The average Bonchev–Trinajstić information content (AvgIpc) is 2.43. The van der Waals surface area contributed by atoms with Crippen molar-refractivity contribution >= 4 is 0 Å². The minimum absolute atomic E-state index is 0.632. The first kappa shape index (κ1) is 15.3. The van der Waals surface area contributed by atoms with Crippen LogP contribution in [0.4, 0.5) is 0 Å². The summed E-state index contributed by atoms with van der Waals surface area (Å²) in [7, 11) is 0. The molecule has 0 aliphatic carbocycles. The first-order valence-corrected chi connectivity index (χ1v) is 7.69. The van der Waals surface area contributed by atoms with Crippen molar-refractivity contribution in [1.29, 1.82) is 0 Å². The number of para-hydroxylation sites is 1. The van der Waals surface area contributed by atoms with Crippen LogP contribution >= 0.6 is 0 Å². The zero-order chi connectivity index (χ0) is 14.6. The third kappa shape index (κ3) is 3.74. The van der Waals surface area contributed by atoms with Crippen LogP contribution in [-0.4, -0.2) is 24.8 Å². The summed E-state index contributed by atoms with van der Waals surface area (Å²) in [4.78, 5) is 0. The minimum atomic E-state index is -0.841. The highest BCUT2D eigenvalue weighted by Crippen LogP contribution is 2.37. The number of aryl methyl sites for hydroxylation is 1. The van der Waals surface area contributed by atoms with E-state index in [0.717, 1.165) is 43.9 Å². The molecule has 0 amide bonds. The van der Waals surface area contributed by atoms with Gasteiger partial charge < -0.3 is 15.2 Å². The highest BCUT2D eigenvalue weighted by atomic mass is 16.5.